The van der Waals surface area contributed by atoms with E-state index in [1.165, 1.54) is 17.0 Å². The summed E-state index contributed by atoms with van der Waals surface area (Å²) in [7, 11) is 0. The van der Waals surface area contributed by atoms with Crippen molar-refractivity contribution in [3.8, 4) is 11.5 Å². The Morgan fingerprint density at radius 3 is 2.72 bits per heavy atom. The summed E-state index contributed by atoms with van der Waals surface area (Å²) in [4.78, 5) is 26.9. The van der Waals surface area contributed by atoms with Crippen LogP contribution in [0.1, 0.15) is 43.2 Å². The standard InChI is InChI=1S/C26H25F3N2O5/c27-26(28,29)17-6-7-18-16(14-25(8-2-9-25)36-21(18)13-17)12-22(33)30-19-4-1-5-20-24(19)35-15-23(34)31(20)10-3-11-32/h1,4-7,12-13,32H,2-3,8-11,14-15H2,(H,30,33). The highest BCUT2D eigenvalue weighted by molar-refractivity contribution is 6.07. The lowest BCUT2D eigenvalue weighted by Gasteiger charge is -2.46. The Balaban J connectivity index is 1.43. The molecule has 0 radical (unpaired) electrons. The number of para-hydroxylation sites is 1. The second-order valence-electron chi connectivity index (χ2n) is 9.25. The monoisotopic (exact) mass is 502 g/mol. The zero-order valence-electron chi connectivity index (χ0n) is 19.4. The molecule has 5 rings (SSSR count). The third kappa shape index (κ3) is 4.53. The van der Waals surface area contributed by atoms with E-state index in [2.05, 4.69) is 5.32 Å². The van der Waals surface area contributed by atoms with Gasteiger partial charge in [0.05, 0.1) is 16.9 Å². The molecule has 1 aliphatic carbocycles. The van der Waals surface area contributed by atoms with Crippen LogP contribution in [0.3, 0.4) is 0 Å². The van der Waals surface area contributed by atoms with E-state index in [9.17, 15) is 22.8 Å². The molecule has 2 aromatic rings. The Morgan fingerprint density at radius 1 is 1.22 bits per heavy atom. The van der Waals surface area contributed by atoms with Crippen molar-refractivity contribution in [3.05, 3.63) is 53.6 Å². The quantitative estimate of drug-likeness (QED) is 0.587. The number of aliphatic hydroxyl groups excluding tert-OH is 1. The van der Waals surface area contributed by atoms with Crippen LogP contribution in [0, 0.1) is 0 Å². The molecule has 2 aromatic carbocycles. The van der Waals surface area contributed by atoms with Gasteiger partial charge in [-0.1, -0.05) is 12.1 Å². The average Bonchev–Trinajstić information content (AvgIpc) is 2.81. The maximum Gasteiger partial charge on any atom is 0.416 e. The third-order valence-electron chi connectivity index (χ3n) is 6.79. The number of amides is 2. The molecule has 1 saturated carbocycles. The predicted molar refractivity (Wildman–Crippen MR) is 126 cm³/mol. The maximum absolute atomic E-state index is 13.3. The SMILES string of the molecule is O=C(C=C1CC2(CCC2)Oc2cc(C(F)(F)F)ccc21)Nc1cccc2c1OCC(=O)N2CCCO. The van der Waals surface area contributed by atoms with Crippen molar-refractivity contribution in [3.63, 3.8) is 0 Å². The van der Waals surface area contributed by atoms with Crippen molar-refractivity contribution in [2.75, 3.05) is 30.0 Å². The molecule has 0 atom stereocenters. The lowest BCUT2D eigenvalue weighted by atomic mass is 9.72. The van der Waals surface area contributed by atoms with Crippen LogP contribution in [-0.2, 0) is 15.8 Å². The molecule has 36 heavy (non-hydrogen) atoms. The molecule has 0 unspecified atom stereocenters. The Hall–Kier alpha value is -3.53. The Morgan fingerprint density at radius 2 is 2.03 bits per heavy atom. The van der Waals surface area contributed by atoms with Gasteiger partial charge in [-0.15, -0.1) is 0 Å². The number of nitrogens with one attached hydrogen (secondary N) is 1. The minimum atomic E-state index is -4.50. The zero-order chi connectivity index (χ0) is 25.5. The average molecular weight is 502 g/mol. The minimum Gasteiger partial charge on any atom is -0.486 e. The van der Waals surface area contributed by atoms with Gasteiger partial charge in [-0.3, -0.25) is 9.59 Å². The smallest absolute Gasteiger partial charge is 0.416 e. The highest BCUT2D eigenvalue weighted by Gasteiger charge is 2.44. The summed E-state index contributed by atoms with van der Waals surface area (Å²) in [6.45, 7) is 0.0498. The molecule has 10 heteroatoms. The number of nitrogens with zero attached hydrogens (tertiary/aromatic N) is 1. The van der Waals surface area contributed by atoms with Gasteiger partial charge in [-0.2, -0.15) is 13.2 Å². The molecule has 2 N–H and O–H groups in total. The first kappa shape index (κ1) is 24.2. The second kappa shape index (κ2) is 9.16. The first-order valence-electron chi connectivity index (χ1n) is 11.8. The summed E-state index contributed by atoms with van der Waals surface area (Å²) < 4.78 is 51.4. The molecule has 0 saturated heterocycles. The van der Waals surface area contributed by atoms with Gasteiger partial charge in [-0.05, 0) is 55.5 Å². The minimum absolute atomic E-state index is 0.0683. The van der Waals surface area contributed by atoms with Crippen LogP contribution >= 0.6 is 0 Å². The van der Waals surface area contributed by atoms with E-state index in [4.69, 9.17) is 14.6 Å². The van der Waals surface area contributed by atoms with Crippen LogP contribution < -0.4 is 19.7 Å². The van der Waals surface area contributed by atoms with E-state index in [1.807, 2.05) is 0 Å². The predicted octanol–water partition coefficient (Wildman–Crippen LogP) is 4.54. The van der Waals surface area contributed by atoms with Crippen molar-refractivity contribution < 1.29 is 37.3 Å². The van der Waals surface area contributed by atoms with Crippen LogP contribution in [0.15, 0.2) is 42.5 Å². The van der Waals surface area contributed by atoms with Crippen molar-refractivity contribution >= 4 is 28.8 Å². The molecule has 0 bridgehead atoms. The van der Waals surface area contributed by atoms with Gasteiger partial charge in [0.25, 0.3) is 5.91 Å². The number of alkyl halides is 3. The topological polar surface area (TPSA) is 88.1 Å². The highest BCUT2D eigenvalue weighted by atomic mass is 19.4. The number of rotatable bonds is 5. The fourth-order valence-electron chi connectivity index (χ4n) is 4.87. The lowest BCUT2D eigenvalue weighted by molar-refractivity contribution is -0.138. The molecular formula is C26H25F3N2O5. The maximum atomic E-state index is 13.3. The van der Waals surface area contributed by atoms with E-state index < -0.39 is 23.2 Å². The number of anilines is 2. The Labute approximate surface area is 205 Å². The number of fused-ring (bicyclic) bond motifs is 2. The molecule has 190 valence electrons. The van der Waals surface area contributed by atoms with E-state index in [-0.39, 0.29) is 24.9 Å². The number of carbonyl (C=O) groups excluding carboxylic acids is 2. The summed E-state index contributed by atoms with van der Waals surface area (Å²) in [5.74, 6) is -0.236. The largest absolute Gasteiger partial charge is 0.486 e. The first-order chi connectivity index (χ1) is 17.2. The molecular weight excluding hydrogens is 477 g/mol. The Bertz CT molecular complexity index is 1240. The van der Waals surface area contributed by atoms with E-state index in [0.29, 0.717) is 60.5 Å². The van der Waals surface area contributed by atoms with E-state index >= 15 is 0 Å². The summed E-state index contributed by atoms with van der Waals surface area (Å²) in [5, 5.41) is 11.9. The van der Waals surface area contributed by atoms with Gasteiger partial charge >= 0.3 is 6.18 Å². The van der Waals surface area contributed by atoms with Crippen LogP contribution in [0.4, 0.5) is 24.5 Å². The summed E-state index contributed by atoms with van der Waals surface area (Å²) in [6, 6.07) is 8.37. The normalized spacial score (nSPS) is 19.2. The number of aliphatic hydroxyl groups is 1. The molecule has 3 aliphatic rings. The van der Waals surface area contributed by atoms with Crippen LogP contribution in [0.2, 0.25) is 0 Å². The van der Waals surface area contributed by atoms with Crippen molar-refractivity contribution in [2.45, 2.75) is 43.9 Å². The van der Waals surface area contributed by atoms with Crippen molar-refractivity contribution in [1.82, 2.24) is 0 Å². The fraction of sp³-hybridized carbons (Fsp3) is 0.385. The number of halogens is 3. The van der Waals surface area contributed by atoms with Crippen molar-refractivity contribution in [2.24, 2.45) is 0 Å². The van der Waals surface area contributed by atoms with Crippen LogP contribution in [-0.4, -0.2) is 42.3 Å². The number of hydrogen-bond acceptors (Lipinski definition) is 5. The van der Waals surface area contributed by atoms with Crippen LogP contribution in [0.5, 0.6) is 11.5 Å². The molecule has 1 spiro atoms. The number of carbonyl (C=O) groups is 2. The van der Waals surface area contributed by atoms with E-state index in [0.717, 1.165) is 18.6 Å². The highest BCUT2D eigenvalue weighted by Crippen LogP contribution is 2.50. The van der Waals surface area contributed by atoms with Crippen molar-refractivity contribution in [1.29, 1.82) is 0 Å². The molecule has 2 heterocycles. The summed E-state index contributed by atoms with van der Waals surface area (Å²) in [6.07, 6.45) is 0.0403. The zero-order valence-corrected chi connectivity index (χ0v) is 19.4. The summed E-state index contributed by atoms with van der Waals surface area (Å²) in [5.41, 5.74) is 0.542. The Kier molecular flexibility index (Phi) is 6.15. The number of benzene rings is 2. The number of hydrogen-bond donors (Lipinski definition) is 2. The second-order valence-corrected chi connectivity index (χ2v) is 9.25. The molecule has 1 fully saturated rings. The van der Waals surface area contributed by atoms with E-state index in [1.54, 1.807) is 18.2 Å². The molecule has 2 amide bonds. The molecule has 2 aliphatic heterocycles. The van der Waals surface area contributed by atoms with Gasteiger partial charge < -0.3 is 24.8 Å². The number of ether oxygens (including phenoxy) is 2. The first-order valence-corrected chi connectivity index (χ1v) is 11.8. The lowest BCUT2D eigenvalue weighted by Crippen LogP contribution is -2.45. The third-order valence-corrected chi connectivity index (χ3v) is 6.79. The van der Waals surface area contributed by atoms with Gasteiger partial charge in [-0.25, -0.2) is 0 Å². The van der Waals surface area contributed by atoms with Gasteiger partial charge in [0, 0.05) is 31.2 Å². The fourth-order valence-corrected chi connectivity index (χ4v) is 4.87. The summed E-state index contributed by atoms with van der Waals surface area (Å²) >= 11 is 0. The molecule has 7 nitrogen and oxygen atoms in total. The van der Waals surface area contributed by atoms with Gasteiger partial charge in [0.2, 0.25) is 5.91 Å². The van der Waals surface area contributed by atoms with Crippen LogP contribution in [0.25, 0.3) is 5.57 Å². The molecule has 0 aromatic heterocycles. The van der Waals surface area contributed by atoms with Gasteiger partial charge in [0.15, 0.2) is 12.4 Å². The van der Waals surface area contributed by atoms with Gasteiger partial charge in [0.1, 0.15) is 11.4 Å².